The van der Waals surface area contributed by atoms with Gasteiger partial charge in [-0.05, 0) is 47.2 Å². The molecule has 0 bridgehead atoms. The molecule has 4 aromatic carbocycles. The van der Waals surface area contributed by atoms with Crippen LogP contribution in [0.2, 0.25) is 0 Å². The Morgan fingerprint density at radius 3 is 2.52 bits per heavy atom. The van der Waals surface area contributed by atoms with Crippen molar-refractivity contribution >= 4 is 28.9 Å². The quantitative estimate of drug-likeness (QED) is 0.214. The highest BCUT2D eigenvalue weighted by molar-refractivity contribution is 6.04. The van der Waals surface area contributed by atoms with Gasteiger partial charge in [-0.2, -0.15) is 5.10 Å². The van der Waals surface area contributed by atoms with Gasteiger partial charge < -0.3 is 14.2 Å². The third-order valence-electron chi connectivity index (χ3n) is 5.14. The summed E-state index contributed by atoms with van der Waals surface area (Å²) in [5.74, 6) is 0.549. The van der Waals surface area contributed by atoms with E-state index in [1.165, 1.54) is 6.21 Å². The lowest BCUT2D eigenvalue weighted by molar-refractivity contribution is 0.0734. The van der Waals surface area contributed by atoms with Gasteiger partial charge in [0, 0.05) is 11.1 Å². The summed E-state index contributed by atoms with van der Waals surface area (Å²) in [5.41, 5.74) is 3.90. The fraction of sp³-hybridized carbons (Fsp3) is 0.0385. The number of ether oxygens (including phenoxy) is 3. The van der Waals surface area contributed by atoms with Crippen molar-refractivity contribution in [2.45, 2.75) is 0 Å². The second-order valence-electron chi connectivity index (χ2n) is 7.22. The van der Waals surface area contributed by atoms with Crippen LogP contribution in [-0.2, 0) is 0 Å². The number of carbonyl (C=O) groups excluding carboxylic acids is 2. The minimum atomic E-state index is -0.482. The summed E-state index contributed by atoms with van der Waals surface area (Å²) < 4.78 is 16.2. The molecule has 7 nitrogen and oxygen atoms in total. The molecule has 0 fully saturated rings. The maximum atomic E-state index is 12.6. The Kier molecular flexibility index (Phi) is 5.43. The monoisotopic (exact) mass is 438 g/mol. The highest BCUT2D eigenvalue weighted by Crippen LogP contribution is 2.32. The summed E-state index contributed by atoms with van der Waals surface area (Å²) in [6, 6.07) is 24.9. The molecule has 1 N–H and O–H groups in total. The summed E-state index contributed by atoms with van der Waals surface area (Å²) in [5, 5.41) is 5.89. The smallest absolute Gasteiger partial charge is 0.343 e. The summed E-state index contributed by atoms with van der Waals surface area (Å²) in [7, 11) is 0. The van der Waals surface area contributed by atoms with Crippen molar-refractivity contribution in [3.63, 3.8) is 0 Å². The Morgan fingerprint density at radius 2 is 1.64 bits per heavy atom. The SMILES string of the molecule is O=C(N/N=C\c1c(OC(=O)c2ccccc2)ccc2ccccc12)c1ccc2c(c1)OCO2. The van der Waals surface area contributed by atoms with E-state index < -0.39 is 11.9 Å². The van der Waals surface area contributed by atoms with E-state index in [9.17, 15) is 9.59 Å². The van der Waals surface area contributed by atoms with Gasteiger partial charge in [-0.1, -0.05) is 48.5 Å². The van der Waals surface area contributed by atoms with Crippen molar-refractivity contribution in [1.29, 1.82) is 0 Å². The van der Waals surface area contributed by atoms with Gasteiger partial charge >= 0.3 is 5.97 Å². The first kappa shape index (κ1) is 20.3. The van der Waals surface area contributed by atoms with Gasteiger partial charge in [-0.3, -0.25) is 4.79 Å². The number of rotatable bonds is 5. The third kappa shape index (κ3) is 4.24. The van der Waals surface area contributed by atoms with Crippen molar-refractivity contribution in [2.24, 2.45) is 5.10 Å². The van der Waals surface area contributed by atoms with Crippen LogP contribution in [0.5, 0.6) is 17.2 Å². The zero-order valence-electron chi connectivity index (χ0n) is 17.4. The molecule has 0 spiro atoms. The fourth-order valence-corrected chi connectivity index (χ4v) is 3.49. The number of fused-ring (bicyclic) bond motifs is 2. The maximum Gasteiger partial charge on any atom is 0.343 e. The number of hydrogen-bond acceptors (Lipinski definition) is 6. The van der Waals surface area contributed by atoms with Crippen LogP contribution in [0.25, 0.3) is 10.8 Å². The lowest BCUT2D eigenvalue weighted by atomic mass is 10.0. The summed E-state index contributed by atoms with van der Waals surface area (Å²) in [6.45, 7) is 0.129. The van der Waals surface area contributed by atoms with E-state index in [0.29, 0.717) is 33.9 Å². The zero-order chi connectivity index (χ0) is 22.6. The number of carbonyl (C=O) groups is 2. The molecule has 0 atom stereocenters. The third-order valence-corrected chi connectivity index (χ3v) is 5.14. The predicted octanol–water partition coefficient (Wildman–Crippen LogP) is 4.55. The minimum Gasteiger partial charge on any atom is -0.454 e. The van der Waals surface area contributed by atoms with Crippen molar-refractivity contribution in [3.05, 3.63) is 102 Å². The van der Waals surface area contributed by atoms with Crippen molar-refractivity contribution in [3.8, 4) is 17.2 Å². The highest BCUT2D eigenvalue weighted by atomic mass is 16.7. The molecule has 0 saturated carbocycles. The average molecular weight is 438 g/mol. The molecule has 1 amide bonds. The Morgan fingerprint density at radius 1 is 0.848 bits per heavy atom. The first-order chi connectivity index (χ1) is 16.2. The average Bonchev–Trinajstić information content (AvgIpc) is 3.33. The second kappa shape index (κ2) is 8.84. The first-order valence-electron chi connectivity index (χ1n) is 10.2. The van der Waals surface area contributed by atoms with Gasteiger partial charge in [0.15, 0.2) is 11.5 Å². The van der Waals surface area contributed by atoms with Crippen LogP contribution in [0, 0.1) is 0 Å². The molecule has 5 rings (SSSR count). The number of nitrogens with zero attached hydrogens (tertiary/aromatic N) is 1. The molecule has 1 aliphatic heterocycles. The highest BCUT2D eigenvalue weighted by Gasteiger charge is 2.16. The van der Waals surface area contributed by atoms with E-state index in [0.717, 1.165) is 10.8 Å². The molecule has 0 radical (unpaired) electrons. The molecular weight excluding hydrogens is 420 g/mol. The number of hydrazone groups is 1. The van der Waals surface area contributed by atoms with Gasteiger partial charge in [0.25, 0.3) is 5.91 Å². The van der Waals surface area contributed by atoms with E-state index in [-0.39, 0.29) is 6.79 Å². The molecule has 162 valence electrons. The predicted molar refractivity (Wildman–Crippen MR) is 123 cm³/mol. The molecule has 1 aliphatic rings. The van der Waals surface area contributed by atoms with Gasteiger partial charge in [0.05, 0.1) is 11.8 Å². The van der Waals surface area contributed by atoms with Crippen LogP contribution in [-0.4, -0.2) is 24.9 Å². The number of benzene rings is 4. The summed E-state index contributed by atoms with van der Waals surface area (Å²) in [6.07, 6.45) is 1.47. The van der Waals surface area contributed by atoms with Gasteiger partial charge in [-0.25, -0.2) is 10.2 Å². The molecule has 0 saturated heterocycles. The summed E-state index contributed by atoms with van der Waals surface area (Å²) >= 11 is 0. The van der Waals surface area contributed by atoms with Crippen LogP contribution in [0.3, 0.4) is 0 Å². The summed E-state index contributed by atoms with van der Waals surface area (Å²) in [4.78, 5) is 25.1. The van der Waals surface area contributed by atoms with E-state index in [1.54, 1.807) is 48.5 Å². The van der Waals surface area contributed by atoms with Crippen molar-refractivity contribution in [2.75, 3.05) is 6.79 Å². The van der Waals surface area contributed by atoms with Crippen LogP contribution in [0.1, 0.15) is 26.3 Å². The number of hydrogen-bond donors (Lipinski definition) is 1. The van der Waals surface area contributed by atoms with E-state index in [1.807, 2.05) is 36.4 Å². The Bertz CT molecular complexity index is 1380. The molecule has 0 aliphatic carbocycles. The topological polar surface area (TPSA) is 86.2 Å². The molecule has 4 aromatic rings. The lowest BCUT2D eigenvalue weighted by Crippen LogP contribution is -2.17. The van der Waals surface area contributed by atoms with Gasteiger partial charge in [0.2, 0.25) is 6.79 Å². The molecule has 0 unspecified atom stereocenters. The van der Waals surface area contributed by atoms with Gasteiger partial charge in [-0.15, -0.1) is 0 Å². The standard InChI is InChI=1S/C26H18N2O5/c29-25(19-11-13-23-24(14-19)32-16-31-23)28-27-15-21-20-9-5-4-6-17(20)10-12-22(21)33-26(30)18-7-2-1-3-8-18/h1-15H,16H2,(H,28,29)/b27-15-. The van der Waals surface area contributed by atoms with Crippen LogP contribution < -0.4 is 19.6 Å². The number of esters is 1. The van der Waals surface area contributed by atoms with Crippen molar-refractivity contribution < 1.29 is 23.8 Å². The Labute approximate surface area is 189 Å². The fourth-order valence-electron chi connectivity index (χ4n) is 3.49. The Balaban J connectivity index is 1.41. The Hall–Kier alpha value is -4.65. The van der Waals surface area contributed by atoms with Gasteiger partial charge in [0.1, 0.15) is 5.75 Å². The van der Waals surface area contributed by atoms with Crippen molar-refractivity contribution in [1.82, 2.24) is 5.43 Å². The van der Waals surface area contributed by atoms with Crippen LogP contribution in [0.4, 0.5) is 0 Å². The normalized spacial score (nSPS) is 12.1. The zero-order valence-corrected chi connectivity index (χ0v) is 17.4. The van der Waals surface area contributed by atoms with Crippen LogP contribution >= 0.6 is 0 Å². The first-order valence-corrected chi connectivity index (χ1v) is 10.2. The van der Waals surface area contributed by atoms with E-state index >= 15 is 0 Å². The minimum absolute atomic E-state index is 0.129. The number of amides is 1. The van der Waals surface area contributed by atoms with E-state index in [4.69, 9.17) is 14.2 Å². The molecule has 33 heavy (non-hydrogen) atoms. The van der Waals surface area contributed by atoms with Crippen LogP contribution in [0.15, 0.2) is 90.0 Å². The number of nitrogens with one attached hydrogen (secondary N) is 1. The largest absolute Gasteiger partial charge is 0.454 e. The maximum absolute atomic E-state index is 12.6. The lowest BCUT2D eigenvalue weighted by Gasteiger charge is -2.10. The molecular formula is C26H18N2O5. The molecule has 0 aromatic heterocycles. The molecule has 7 heteroatoms. The second-order valence-corrected chi connectivity index (χ2v) is 7.22. The molecule has 1 heterocycles. The van der Waals surface area contributed by atoms with E-state index in [2.05, 4.69) is 10.5 Å².